The first kappa shape index (κ1) is 19.8. The molecule has 1 aromatic carbocycles. The molecular formula is C14H13F6NO3. The summed E-state index contributed by atoms with van der Waals surface area (Å²) in [7, 11) is 0. The van der Waals surface area contributed by atoms with Crippen LogP contribution in [0.25, 0.3) is 0 Å². The highest BCUT2D eigenvalue weighted by Crippen LogP contribution is 2.41. The van der Waals surface area contributed by atoms with Crippen LogP contribution in [0.15, 0.2) is 18.2 Å². The standard InChI is InChI=1S/C14H13F6NO3/c1-3-24-12(23)7(2)11(22)21-8-4-5-9(13(15,16)17)10(6-8)14(18,19)20/h4-7H,3H2,1-2H3,(H,21,22). The molecule has 10 heteroatoms. The van der Waals surface area contributed by atoms with Gasteiger partial charge in [0, 0.05) is 5.69 Å². The third kappa shape index (κ3) is 4.87. The van der Waals surface area contributed by atoms with E-state index in [1.54, 1.807) is 0 Å². The Morgan fingerprint density at radius 3 is 2.08 bits per heavy atom. The molecule has 4 nitrogen and oxygen atoms in total. The van der Waals surface area contributed by atoms with Crippen molar-refractivity contribution in [3.05, 3.63) is 29.3 Å². The highest BCUT2D eigenvalue weighted by molar-refractivity contribution is 6.04. The van der Waals surface area contributed by atoms with Gasteiger partial charge in [-0.15, -0.1) is 0 Å². The maximum atomic E-state index is 12.8. The predicted octanol–water partition coefficient (Wildman–Crippen LogP) is 3.86. The van der Waals surface area contributed by atoms with Crippen molar-refractivity contribution in [2.45, 2.75) is 26.2 Å². The summed E-state index contributed by atoms with van der Waals surface area (Å²) < 4.78 is 80.9. The second-order valence-electron chi connectivity index (χ2n) is 4.72. The summed E-state index contributed by atoms with van der Waals surface area (Å²) in [6, 6.07) is 1.06. The summed E-state index contributed by atoms with van der Waals surface area (Å²) in [4.78, 5) is 23.1. The monoisotopic (exact) mass is 357 g/mol. The lowest BCUT2D eigenvalue weighted by Gasteiger charge is -2.17. The number of ether oxygens (including phenoxy) is 1. The average Bonchev–Trinajstić information content (AvgIpc) is 2.44. The molecule has 1 amide bonds. The van der Waals surface area contributed by atoms with Crippen LogP contribution in [0, 0.1) is 5.92 Å². The Morgan fingerprint density at radius 2 is 1.62 bits per heavy atom. The van der Waals surface area contributed by atoms with Crippen LogP contribution in [-0.2, 0) is 26.7 Å². The molecule has 1 N–H and O–H groups in total. The van der Waals surface area contributed by atoms with Crippen LogP contribution < -0.4 is 5.32 Å². The number of alkyl halides is 6. The smallest absolute Gasteiger partial charge is 0.417 e. The number of hydrogen-bond acceptors (Lipinski definition) is 3. The van der Waals surface area contributed by atoms with Gasteiger partial charge in [0.05, 0.1) is 17.7 Å². The number of carbonyl (C=O) groups excluding carboxylic acids is 2. The van der Waals surface area contributed by atoms with Gasteiger partial charge >= 0.3 is 18.3 Å². The van der Waals surface area contributed by atoms with Gasteiger partial charge in [-0.2, -0.15) is 26.3 Å². The summed E-state index contributed by atoms with van der Waals surface area (Å²) in [6.45, 7) is 2.64. The Labute approximate surface area is 132 Å². The molecule has 0 spiro atoms. The Morgan fingerprint density at radius 1 is 1.08 bits per heavy atom. The van der Waals surface area contributed by atoms with Crippen molar-refractivity contribution in [2.24, 2.45) is 5.92 Å². The Hall–Kier alpha value is -2.26. The molecule has 134 valence electrons. The van der Waals surface area contributed by atoms with Crippen molar-refractivity contribution < 1.29 is 40.7 Å². The van der Waals surface area contributed by atoms with Crippen LogP contribution >= 0.6 is 0 Å². The molecule has 0 aliphatic rings. The number of anilines is 1. The molecule has 0 fully saturated rings. The highest BCUT2D eigenvalue weighted by atomic mass is 19.4. The second kappa shape index (κ2) is 7.10. The van der Waals surface area contributed by atoms with Crippen LogP contribution in [0.1, 0.15) is 25.0 Å². The summed E-state index contributed by atoms with van der Waals surface area (Å²) >= 11 is 0. The fraction of sp³-hybridized carbons (Fsp3) is 0.429. The quantitative estimate of drug-likeness (QED) is 0.506. The number of amides is 1. The molecule has 0 aliphatic carbocycles. The molecule has 0 saturated carbocycles. The Kier molecular flexibility index (Phi) is 5.85. The average molecular weight is 357 g/mol. The molecular weight excluding hydrogens is 344 g/mol. The minimum absolute atomic E-state index is 0.00501. The van der Waals surface area contributed by atoms with E-state index < -0.39 is 47.0 Å². The van der Waals surface area contributed by atoms with E-state index >= 15 is 0 Å². The van der Waals surface area contributed by atoms with Crippen molar-refractivity contribution in [3.8, 4) is 0 Å². The molecule has 1 unspecified atom stereocenters. The largest absolute Gasteiger partial charge is 0.465 e. The first-order valence-electron chi connectivity index (χ1n) is 6.63. The zero-order chi connectivity index (χ0) is 18.7. The van der Waals surface area contributed by atoms with Crippen LogP contribution in [0.5, 0.6) is 0 Å². The first-order valence-corrected chi connectivity index (χ1v) is 6.63. The van der Waals surface area contributed by atoms with Gasteiger partial charge in [-0.1, -0.05) is 0 Å². The minimum atomic E-state index is -5.27. The normalized spacial score (nSPS) is 13.3. The lowest BCUT2D eigenvalue weighted by molar-refractivity contribution is -0.162. The molecule has 1 atom stereocenters. The molecule has 1 aromatic rings. The van der Waals surface area contributed by atoms with E-state index in [1.165, 1.54) is 6.92 Å². The van der Waals surface area contributed by atoms with Gasteiger partial charge in [0.2, 0.25) is 5.91 Å². The van der Waals surface area contributed by atoms with Gasteiger partial charge in [-0.05, 0) is 32.0 Å². The van der Waals surface area contributed by atoms with Crippen LogP contribution in [0.3, 0.4) is 0 Å². The lowest BCUT2D eigenvalue weighted by atomic mass is 10.0. The van der Waals surface area contributed by atoms with Crippen LogP contribution in [0.2, 0.25) is 0 Å². The van der Waals surface area contributed by atoms with Gasteiger partial charge in [-0.25, -0.2) is 0 Å². The fourth-order valence-corrected chi connectivity index (χ4v) is 1.73. The zero-order valence-corrected chi connectivity index (χ0v) is 12.5. The van der Waals surface area contributed by atoms with Gasteiger partial charge in [0.15, 0.2) is 0 Å². The number of benzene rings is 1. The van der Waals surface area contributed by atoms with Gasteiger partial charge in [0.1, 0.15) is 5.92 Å². The molecule has 0 bridgehead atoms. The maximum absolute atomic E-state index is 12.8. The van der Waals surface area contributed by atoms with Crippen molar-refractivity contribution in [1.82, 2.24) is 0 Å². The number of carbonyl (C=O) groups is 2. The van der Waals surface area contributed by atoms with E-state index in [2.05, 4.69) is 4.74 Å². The summed E-state index contributed by atoms with van der Waals surface area (Å²) in [5.41, 5.74) is -4.32. The third-order valence-corrected chi connectivity index (χ3v) is 2.93. The van der Waals surface area contributed by atoms with E-state index in [4.69, 9.17) is 0 Å². The number of nitrogens with one attached hydrogen (secondary N) is 1. The lowest BCUT2D eigenvalue weighted by Crippen LogP contribution is -2.29. The number of esters is 1. The van der Waals surface area contributed by atoms with Crippen molar-refractivity contribution >= 4 is 17.6 Å². The van der Waals surface area contributed by atoms with Gasteiger partial charge in [-0.3, -0.25) is 9.59 Å². The Balaban J connectivity index is 3.11. The van der Waals surface area contributed by atoms with Crippen LogP contribution in [-0.4, -0.2) is 18.5 Å². The predicted molar refractivity (Wildman–Crippen MR) is 70.9 cm³/mol. The molecule has 0 saturated heterocycles. The van der Waals surface area contributed by atoms with E-state index in [-0.39, 0.29) is 18.7 Å². The maximum Gasteiger partial charge on any atom is 0.417 e. The molecule has 0 aliphatic heterocycles. The number of rotatable bonds is 4. The molecule has 0 aromatic heterocycles. The van der Waals surface area contributed by atoms with Gasteiger partial charge < -0.3 is 10.1 Å². The second-order valence-corrected chi connectivity index (χ2v) is 4.72. The molecule has 1 rings (SSSR count). The van der Waals surface area contributed by atoms with E-state index in [0.717, 1.165) is 6.92 Å². The zero-order valence-electron chi connectivity index (χ0n) is 12.5. The summed E-state index contributed by atoms with van der Waals surface area (Å²) in [6.07, 6.45) is -10.5. The summed E-state index contributed by atoms with van der Waals surface area (Å²) in [5, 5.41) is 1.97. The highest BCUT2D eigenvalue weighted by Gasteiger charge is 2.43. The fourth-order valence-electron chi connectivity index (χ4n) is 1.73. The SMILES string of the molecule is CCOC(=O)C(C)C(=O)Nc1ccc(C(F)(F)F)c(C(F)(F)F)c1. The third-order valence-electron chi connectivity index (χ3n) is 2.93. The number of halogens is 6. The Bertz CT molecular complexity index is 624. The van der Waals surface area contributed by atoms with Crippen LogP contribution in [0.4, 0.5) is 32.0 Å². The van der Waals surface area contributed by atoms with Crippen molar-refractivity contribution in [1.29, 1.82) is 0 Å². The molecule has 24 heavy (non-hydrogen) atoms. The minimum Gasteiger partial charge on any atom is -0.465 e. The van der Waals surface area contributed by atoms with Crippen molar-refractivity contribution in [3.63, 3.8) is 0 Å². The molecule has 0 heterocycles. The van der Waals surface area contributed by atoms with E-state index in [0.29, 0.717) is 6.07 Å². The number of hydrogen-bond donors (Lipinski definition) is 1. The van der Waals surface area contributed by atoms with Crippen molar-refractivity contribution in [2.75, 3.05) is 11.9 Å². The molecule has 0 radical (unpaired) electrons. The topological polar surface area (TPSA) is 55.4 Å². The first-order chi connectivity index (χ1) is 10.9. The summed E-state index contributed by atoms with van der Waals surface area (Å²) in [5.74, 6) is -3.24. The van der Waals surface area contributed by atoms with E-state index in [9.17, 15) is 35.9 Å². The van der Waals surface area contributed by atoms with Gasteiger partial charge in [0.25, 0.3) is 0 Å². The van der Waals surface area contributed by atoms with E-state index in [1.807, 2.05) is 5.32 Å².